The van der Waals surface area contributed by atoms with Crippen molar-refractivity contribution >= 4 is 62.3 Å². The number of halogens is 2. The highest BCUT2D eigenvalue weighted by molar-refractivity contribution is 7.92. The summed E-state index contributed by atoms with van der Waals surface area (Å²) in [4.78, 5) is 36.1. The van der Waals surface area contributed by atoms with Gasteiger partial charge in [0.25, 0.3) is 15.9 Å². The van der Waals surface area contributed by atoms with E-state index in [0.29, 0.717) is 11.4 Å². The number of amides is 1. The van der Waals surface area contributed by atoms with Crippen LogP contribution in [0.4, 0.5) is 11.4 Å². The molecule has 0 radical (unpaired) electrons. The molecule has 0 bridgehead atoms. The van der Waals surface area contributed by atoms with Gasteiger partial charge < -0.3 is 14.8 Å². The number of Topliss-reactive ketones (excluding diaryl/α,β-unsaturated/α-hetero) is 1. The average molecular weight is 535 g/mol. The fourth-order valence-corrected chi connectivity index (χ4v) is 4.98. The Hall–Kier alpha value is -3.60. The first-order chi connectivity index (χ1) is 16.6. The molecule has 1 aliphatic heterocycles. The third-order valence-corrected chi connectivity index (χ3v) is 7.02. The predicted molar refractivity (Wildman–Crippen MR) is 129 cm³/mol. The molecule has 1 aliphatic rings. The van der Waals surface area contributed by atoms with Gasteiger partial charge in [-0.25, -0.2) is 13.2 Å². The van der Waals surface area contributed by atoms with Gasteiger partial charge >= 0.3 is 5.97 Å². The number of benzene rings is 3. The lowest BCUT2D eigenvalue weighted by molar-refractivity contribution is -0.118. The first-order valence-electron chi connectivity index (χ1n) is 9.98. The molecule has 2 N–H and O–H groups in total. The van der Waals surface area contributed by atoms with Crippen molar-refractivity contribution in [1.29, 1.82) is 0 Å². The van der Waals surface area contributed by atoms with Crippen LogP contribution in [0.25, 0.3) is 0 Å². The van der Waals surface area contributed by atoms with E-state index >= 15 is 0 Å². The highest BCUT2D eigenvalue weighted by Crippen LogP contribution is 2.30. The smallest absolute Gasteiger partial charge is 0.338 e. The van der Waals surface area contributed by atoms with E-state index < -0.39 is 28.4 Å². The number of esters is 1. The number of carbonyl (C=O) groups excluding carboxylic acids is 3. The van der Waals surface area contributed by atoms with Gasteiger partial charge in [0.2, 0.25) is 0 Å². The number of hydrogen-bond acceptors (Lipinski definition) is 7. The SMILES string of the molecule is O=C1COc2ccc(C(=O)COC(=O)c3ccc(Cl)c(S(=O)(=O)Nc4ccccc4Cl)c3)cc2N1. The van der Waals surface area contributed by atoms with Crippen molar-refractivity contribution in [3.63, 3.8) is 0 Å². The van der Waals surface area contributed by atoms with Crippen LogP contribution in [0, 0.1) is 0 Å². The average Bonchev–Trinajstić information content (AvgIpc) is 2.83. The van der Waals surface area contributed by atoms with Crippen molar-refractivity contribution in [2.24, 2.45) is 0 Å². The fourth-order valence-electron chi connectivity index (χ4n) is 3.13. The molecule has 0 unspecified atom stereocenters. The number of rotatable bonds is 7. The molecule has 0 saturated heterocycles. The molecule has 3 aromatic rings. The van der Waals surface area contributed by atoms with E-state index in [1.807, 2.05) is 0 Å². The number of ketones is 1. The molecular formula is C23H16Cl2N2O7S. The first-order valence-corrected chi connectivity index (χ1v) is 12.2. The minimum absolute atomic E-state index is 0.120. The minimum Gasteiger partial charge on any atom is -0.482 e. The molecule has 4 rings (SSSR count). The number of anilines is 2. The Morgan fingerprint density at radius 3 is 2.51 bits per heavy atom. The summed E-state index contributed by atoms with van der Waals surface area (Å²) in [6, 6.07) is 14.2. The topological polar surface area (TPSA) is 128 Å². The van der Waals surface area contributed by atoms with Gasteiger partial charge in [-0.2, -0.15) is 0 Å². The monoisotopic (exact) mass is 534 g/mol. The van der Waals surface area contributed by atoms with E-state index in [1.54, 1.807) is 12.1 Å². The minimum atomic E-state index is -4.20. The molecule has 35 heavy (non-hydrogen) atoms. The number of sulfonamides is 1. The maximum atomic E-state index is 12.8. The normalized spacial score (nSPS) is 12.7. The third kappa shape index (κ3) is 5.56. The van der Waals surface area contributed by atoms with E-state index in [1.165, 1.54) is 42.5 Å². The molecular weight excluding hydrogens is 519 g/mol. The second kappa shape index (κ2) is 9.95. The maximum absolute atomic E-state index is 12.8. The third-order valence-electron chi connectivity index (χ3n) is 4.84. The van der Waals surface area contributed by atoms with Gasteiger partial charge in [0.15, 0.2) is 19.0 Å². The Kier molecular flexibility index (Phi) is 6.97. The summed E-state index contributed by atoms with van der Waals surface area (Å²) < 4.78 is 38.3. The number of para-hydroxylation sites is 1. The van der Waals surface area contributed by atoms with Gasteiger partial charge in [-0.1, -0.05) is 35.3 Å². The van der Waals surface area contributed by atoms with Crippen LogP contribution >= 0.6 is 23.2 Å². The molecule has 9 nitrogen and oxygen atoms in total. The van der Waals surface area contributed by atoms with E-state index in [0.717, 1.165) is 6.07 Å². The molecule has 12 heteroatoms. The summed E-state index contributed by atoms with van der Waals surface area (Å²) in [7, 11) is -4.20. The summed E-state index contributed by atoms with van der Waals surface area (Å²) in [6.45, 7) is -0.736. The van der Waals surface area contributed by atoms with Gasteiger partial charge in [0.1, 0.15) is 10.6 Å². The van der Waals surface area contributed by atoms with Gasteiger partial charge in [-0.05, 0) is 48.5 Å². The summed E-state index contributed by atoms with van der Waals surface area (Å²) >= 11 is 12.1. The van der Waals surface area contributed by atoms with Crippen LogP contribution in [-0.2, 0) is 19.6 Å². The molecule has 0 aliphatic carbocycles. The Morgan fingerprint density at radius 2 is 1.74 bits per heavy atom. The second-order valence-corrected chi connectivity index (χ2v) is 9.74. The zero-order chi connectivity index (χ0) is 25.2. The lowest BCUT2D eigenvalue weighted by atomic mass is 10.1. The molecule has 0 saturated carbocycles. The van der Waals surface area contributed by atoms with Crippen LogP contribution in [0.1, 0.15) is 20.7 Å². The Morgan fingerprint density at radius 1 is 1.00 bits per heavy atom. The van der Waals surface area contributed by atoms with Crippen molar-refractivity contribution in [2.45, 2.75) is 4.90 Å². The van der Waals surface area contributed by atoms with Crippen LogP contribution in [-0.4, -0.2) is 39.3 Å². The van der Waals surface area contributed by atoms with Crippen molar-refractivity contribution in [3.05, 3.63) is 81.8 Å². The van der Waals surface area contributed by atoms with Gasteiger partial charge in [-0.15, -0.1) is 0 Å². The largest absolute Gasteiger partial charge is 0.482 e. The zero-order valence-electron chi connectivity index (χ0n) is 17.7. The van der Waals surface area contributed by atoms with Crippen LogP contribution in [0.3, 0.4) is 0 Å². The van der Waals surface area contributed by atoms with Crippen molar-refractivity contribution in [2.75, 3.05) is 23.3 Å². The van der Waals surface area contributed by atoms with E-state index in [2.05, 4.69) is 10.0 Å². The molecule has 0 fully saturated rings. The predicted octanol–water partition coefficient (Wildman–Crippen LogP) is 4.16. The fraction of sp³-hybridized carbons (Fsp3) is 0.0870. The number of hydrogen-bond donors (Lipinski definition) is 2. The van der Waals surface area contributed by atoms with Gasteiger partial charge in [0.05, 0.1) is 27.0 Å². The summed E-state index contributed by atoms with van der Waals surface area (Å²) in [6.07, 6.45) is 0. The highest BCUT2D eigenvalue weighted by atomic mass is 35.5. The molecule has 0 spiro atoms. The van der Waals surface area contributed by atoms with Crippen molar-refractivity contribution in [3.8, 4) is 5.75 Å². The van der Waals surface area contributed by atoms with E-state index in [9.17, 15) is 22.8 Å². The lowest BCUT2D eigenvalue weighted by Gasteiger charge is -2.18. The maximum Gasteiger partial charge on any atom is 0.338 e. The first kappa shape index (κ1) is 24.5. The zero-order valence-corrected chi connectivity index (χ0v) is 20.0. The van der Waals surface area contributed by atoms with Crippen LogP contribution in [0.5, 0.6) is 5.75 Å². The van der Waals surface area contributed by atoms with E-state index in [-0.39, 0.29) is 44.3 Å². The van der Waals surface area contributed by atoms with Crippen LogP contribution in [0.2, 0.25) is 10.0 Å². The van der Waals surface area contributed by atoms with E-state index in [4.69, 9.17) is 32.7 Å². The number of nitrogens with one attached hydrogen (secondary N) is 2. The molecule has 3 aromatic carbocycles. The summed E-state index contributed by atoms with van der Waals surface area (Å²) in [5.74, 6) is -1.41. The van der Waals surface area contributed by atoms with Crippen molar-refractivity contribution < 1.29 is 32.3 Å². The Bertz CT molecular complexity index is 1460. The number of fused-ring (bicyclic) bond motifs is 1. The highest BCUT2D eigenvalue weighted by Gasteiger charge is 2.23. The quantitative estimate of drug-likeness (QED) is 0.344. The molecule has 0 aromatic heterocycles. The van der Waals surface area contributed by atoms with Crippen molar-refractivity contribution in [1.82, 2.24) is 0 Å². The Balaban J connectivity index is 1.47. The molecule has 180 valence electrons. The number of carbonyl (C=O) groups is 3. The van der Waals surface area contributed by atoms with Gasteiger partial charge in [0, 0.05) is 5.56 Å². The van der Waals surface area contributed by atoms with Crippen LogP contribution < -0.4 is 14.8 Å². The standard InChI is InChI=1S/C23H16Cl2N2O7S/c24-15-3-1-2-4-17(15)27-35(31,32)21-10-14(5-7-16(21)25)23(30)34-11-19(28)13-6-8-20-18(9-13)26-22(29)12-33-20/h1-10,27H,11-12H2,(H,26,29). The second-order valence-electron chi connectivity index (χ2n) is 7.28. The Labute approximate surface area is 210 Å². The van der Waals surface area contributed by atoms with Crippen LogP contribution in [0.15, 0.2) is 65.6 Å². The molecule has 0 atom stereocenters. The number of ether oxygens (including phenoxy) is 2. The lowest BCUT2D eigenvalue weighted by Crippen LogP contribution is -2.25. The summed E-state index contributed by atoms with van der Waals surface area (Å²) in [5.41, 5.74) is 0.519. The molecule has 1 amide bonds. The van der Waals surface area contributed by atoms with Gasteiger partial charge in [-0.3, -0.25) is 14.3 Å². The summed E-state index contributed by atoms with van der Waals surface area (Å²) in [5, 5.41) is 2.63. The molecule has 1 heterocycles.